The van der Waals surface area contributed by atoms with E-state index in [1.54, 1.807) is 0 Å². The topological polar surface area (TPSA) is 57.8 Å². The molecule has 0 aliphatic carbocycles. The van der Waals surface area contributed by atoms with Crippen molar-refractivity contribution in [1.82, 2.24) is 9.97 Å². The first-order chi connectivity index (χ1) is 11.6. The number of rotatable bonds is 5. The molecule has 2 N–H and O–H groups in total. The Kier molecular flexibility index (Phi) is 4.90. The fraction of sp³-hybridized carbons (Fsp3) is 0.263. The lowest BCUT2D eigenvalue weighted by Crippen LogP contribution is -2.24. The predicted molar refractivity (Wildman–Crippen MR) is 101 cm³/mol. The Morgan fingerprint density at radius 3 is 2.71 bits per heavy atom. The van der Waals surface area contributed by atoms with Crippen LogP contribution in [0.1, 0.15) is 24.5 Å². The number of nitrogens with zero attached hydrogens (tertiary/aromatic N) is 1. The van der Waals surface area contributed by atoms with E-state index in [1.165, 1.54) is 22.9 Å². The summed E-state index contributed by atoms with van der Waals surface area (Å²) in [5.41, 5.74) is 5.14. The Labute approximate surface area is 146 Å². The van der Waals surface area contributed by atoms with E-state index < -0.39 is 0 Å². The van der Waals surface area contributed by atoms with Gasteiger partial charge >= 0.3 is 0 Å². The number of hydrogen-bond acceptors (Lipinski definition) is 3. The van der Waals surface area contributed by atoms with Crippen LogP contribution in [0.15, 0.2) is 47.6 Å². The molecule has 0 spiro atoms. The number of carbonyl (C=O) groups excluding carboxylic acids is 1. The van der Waals surface area contributed by atoms with Gasteiger partial charge in [-0.25, -0.2) is 4.98 Å². The Bertz CT molecular complexity index is 839. The highest BCUT2D eigenvalue weighted by molar-refractivity contribution is 8.00. The number of aryl methyl sites for hydroxylation is 2. The molecular weight excluding hydrogens is 318 g/mol. The molecule has 0 saturated carbocycles. The lowest BCUT2D eigenvalue weighted by atomic mass is 10.1. The lowest BCUT2D eigenvalue weighted by molar-refractivity contribution is -0.115. The van der Waals surface area contributed by atoms with E-state index in [2.05, 4.69) is 22.2 Å². The van der Waals surface area contributed by atoms with Crippen LogP contribution in [0.2, 0.25) is 0 Å². The molecule has 124 valence electrons. The minimum atomic E-state index is -0.188. The average molecular weight is 339 g/mol. The predicted octanol–water partition coefficient (Wildman–Crippen LogP) is 4.69. The summed E-state index contributed by atoms with van der Waals surface area (Å²) in [5.74, 6) is 0.00575. The second-order valence-electron chi connectivity index (χ2n) is 5.86. The third-order valence-corrected chi connectivity index (χ3v) is 5.31. The normalized spacial score (nSPS) is 12.3. The van der Waals surface area contributed by atoms with Gasteiger partial charge in [-0.05, 0) is 55.7 Å². The molecule has 1 heterocycles. The zero-order chi connectivity index (χ0) is 17.1. The molecular formula is C19H21N3OS. The van der Waals surface area contributed by atoms with Crippen LogP contribution in [0.25, 0.3) is 11.0 Å². The largest absolute Gasteiger partial charge is 0.333 e. The minimum absolute atomic E-state index is 0.00575. The lowest BCUT2D eigenvalue weighted by Gasteiger charge is -2.14. The molecule has 0 saturated heterocycles. The monoisotopic (exact) mass is 339 g/mol. The molecule has 1 aromatic heterocycles. The highest BCUT2D eigenvalue weighted by Crippen LogP contribution is 2.26. The molecule has 4 nitrogen and oxygen atoms in total. The number of carbonyl (C=O) groups is 1. The van der Waals surface area contributed by atoms with Gasteiger partial charge in [-0.1, -0.05) is 36.9 Å². The number of benzene rings is 2. The van der Waals surface area contributed by atoms with Crippen LogP contribution < -0.4 is 5.32 Å². The van der Waals surface area contributed by atoms with E-state index in [0.29, 0.717) is 0 Å². The highest BCUT2D eigenvalue weighted by atomic mass is 32.2. The number of hydrogen-bond donors (Lipinski definition) is 2. The van der Waals surface area contributed by atoms with E-state index in [0.717, 1.165) is 28.3 Å². The summed E-state index contributed by atoms with van der Waals surface area (Å²) in [7, 11) is 0. The molecule has 2 aromatic carbocycles. The van der Waals surface area contributed by atoms with Crippen molar-refractivity contribution >= 4 is 34.4 Å². The molecule has 1 atom stereocenters. The number of aromatic nitrogens is 2. The summed E-state index contributed by atoms with van der Waals surface area (Å²) in [4.78, 5) is 20.4. The summed E-state index contributed by atoms with van der Waals surface area (Å²) >= 11 is 1.47. The van der Waals surface area contributed by atoms with E-state index in [1.807, 2.05) is 56.3 Å². The molecule has 24 heavy (non-hydrogen) atoms. The zero-order valence-corrected chi connectivity index (χ0v) is 14.9. The van der Waals surface area contributed by atoms with Gasteiger partial charge in [0.15, 0.2) is 5.16 Å². The van der Waals surface area contributed by atoms with E-state index >= 15 is 0 Å². The van der Waals surface area contributed by atoms with Gasteiger partial charge in [-0.2, -0.15) is 0 Å². The van der Waals surface area contributed by atoms with Crippen molar-refractivity contribution in [3.05, 3.63) is 53.6 Å². The van der Waals surface area contributed by atoms with Crippen molar-refractivity contribution in [2.24, 2.45) is 0 Å². The third kappa shape index (κ3) is 3.62. The minimum Gasteiger partial charge on any atom is -0.333 e. The molecule has 0 aliphatic heterocycles. The molecule has 5 heteroatoms. The Morgan fingerprint density at radius 1 is 1.21 bits per heavy atom. The summed E-state index contributed by atoms with van der Waals surface area (Å²) in [6, 6.07) is 13.9. The molecule has 0 aliphatic rings. The number of aromatic amines is 1. The van der Waals surface area contributed by atoms with Gasteiger partial charge in [0, 0.05) is 5.69 Å². The van der Waals surface area contributed by atoms with Crippen LogP contribution in [0, 0.1) is 13.8 Å². The number of H-pyrrole nitrogens is 1. The molecule has 1 amide bonds. The van der Waals surface area contributed by atoms with Crippen molar-refractivity contribution in [2.75, 3.05) is 5.32 Å². The number of imidazole rings is 1. The summed E-state index contributed by atoms with van der Waals surface area (Å²) in [6.07, 6.45) is 0.735. The third-order valence-electron chi connectivity index (χ3n) is 4.06. The number of amides is 1. The SMILES string of the molecule is CCC(Sc1nc2ccccc2[nH]1)C(=O)Nc1ccc(C)c(C)c1. The van der Waals surface area contributed by atoms with Crippen molar-refractivity contribution in [3.8, 4) is 0 Å². The first-order valence-corrected chi connectivity index (χ1v) is 8.94. The number of fused-ring (bicyclic) bond motifs is 1. The van der Waals surface area contributed by atoms with Crippen LogP contribution in [-0.2, 0) is 4.79 Å². The number of para-hydroxylation sites is 2. The molecule has 0 bridgehead atoms. The quantitative estimate of drug-likeness (QED) is 0.663. The van der Waals surface area contributed by atoms with Crippen LogP contribution >= 0.6 is 11.8 Å². The average Bonchev–Trinajstić information content (AvgIpc) is 2.98. The summed E-state index contributed by atoms with van der Waals surface area (Å²) in [6.45, 7) is 6.12. The van der Waals surface area contributed by atoms with Gasteiger partial charge < -0.3 is 10.3 Å². The number of anilines is 1. The summed E-state index contributed by atoms with van der Waals surface area (Å²) < 4.78 is 0. The van der Waals surface area contributed by atoms with Crippen molar-refractivity contribution < 1.29 is 4.79 Å². The molecule has 1 unspecified atom stereocenters. The van der Waals surface area contributed by atoms with E-state index in [4.69, 9.17) is 0 Å². The van der Waals surface area contributed by atoms with Gasteiger partial charge in [0.2, 0.25) is 5.91 Å². The van der Waals surface area contributed by atoms with E-state index in [9.17, 15) is 4.79 Å². The second kappa shape index (κ2) is 7.09. The fourth-order valence-electron chi connectivity index (χ4n) is 2.48. The van der Waals surface area contributed by atoms with Crippen LogP contribution in [-0.4, -0.2) is 21.1 Å². The molecule has 0 fully saturated rings. The highest BCUT2D eigenvalue weighted by Gasteiger charge is 2.20. The number of nitrogens with one attached hydrogen (secondary N) is 2. The molecule has 3 aromatic rings. The first-order valence-electron chi connectivity index (χ1n) is 8.06. The van der Waals surface area contributed by atoms with E-state index in [-0.39, 0.29) is 11.2 Å². The zero-order valence-electron chi connectivity index (χ0n) is 14.1. The molecule has 3 rings (SSSR count). The Hall–Kier alpha value is -2.27. The maximum absolute atomic E-state index is 12.6. The standard InChI is InChI=1S/C19H21N3OS/c1-4-17(18(23)20-14-10-9-12(2)13(3)11-14)24-19-21-15-7-5-6-8-16(15)22-19/h5-11,17H,4H2,1-3H3,(H,20,23)(H,21,22). The number of thioether (sulfide) groups is 1. The van der Waals surface area contributed by atoms with Gasteiger partial charge in [0.05, 0.1) is 16.3 Å². The first kappa shape index (κ1) is 16.6. The van der Waals surface area contributed by atoms with Crippen LogP contribution in [0.3, 0.4) is 0 Å². The van der Waals surface area contributed by atoms with Crippen molar-refractivity contribution in [1.29, 1.82) is 0 Å². The van der Waals surface area contributed by atoms with Gasteiger partial charge in [-0.15, -0.1) is 0 Å². The maximum atomic E-state index is 12.6. The fourth-order valence-corrected chi connectivity index (χ4v) is 3.41. The second-order valence-corrected chi connectivity index (χ2v) is 7.05. The van der Waals surface area contributed by atoms with Gasteiger partial charge in [0.25, 0.3) is 0 Å². The van der Waals surface area contributed by atoms with Gasteiger partial charge in [0.1, 0.15) is 0 Å². The maximum Gasteiger partial charge on any atom is 0.237 e. The summed E-state index contributed by atoms with van der Waals surface area (Å²) in [5, 5.41) is 3.60. The van der Waals surface area contributed by atoms with Crippen molar-refractivity contribution in [3.63, 3.8) is 0 Å². The Morgan fingerprint density at radius 2 is 2.00 bits per heavy atom. The van der Waals surface area contributed by atoms with Crippen LogP contribution in [0.5, 0.6) is 0 Å². The smallest absolute Gasteiger partial charge is 0.237 e. The molecule has 0 radical (unpaired) electrons. The van der Waals surface area contributed by atoms with Crippen LogP contribution in [0.4, 0.5) is 5.69 Å². The van der Waals surface area contributed by atoms with Gasteiger partial charge in [-0.3, -0.25) is 4.79 Å². The Balaban J connectivity index is 1.72. The van der Waals surface area contributed by atoms with Crippen molar-refractivity contribution in [2.45, 2.75) is 37.6 Å².